The Hall–Kier alpha value is -3.79. The Kier molecular flexibility index (Phi) is 7.94. The van der Waals surface area contributed by atoms with E-state index in [0.717, 1.165) is 17.0 Å². The van der Waals surface area contributed by atoms with Gasteiger partial charge in [-0.05, 0) is 42.2 Å². The Bertz CT molecular complexity index is 1220. The number of methoxy groups -OCH3 is 3. The second kappa shape index (κ2) is 11.3. The fraction of sp³-hybridized carbons (Fsp3) is 0.308. The molecule has 10 heteroatoms. The topological polar surface area (TPSA) is 102 Å². The highest BCUT2D eigenvalue weighted by Gasteiger charge is 2.41. The standard InChI is InChI=1S/C26H28N4O5S/c1-16-23(25(32)35-4)24(17-11-20(33-2)14-21(12-17)34-3)30-19(15-36-26(30)29-16)13-22(31)28-10-8-18-7-5-6-9-27-18/h5-7,9,11-12,14-15,24H,8,10,13H2,1-4H3,(H,28,31)/t24-/m1/s1. The van der Waals surface area contributed by atoms with Crippen LogP contribution in [0.3, 0.4) is 0 Å². The third-order valence-electron chi connectivity index (χ3n) is 5.87. The number of nitrogens with zero attached hydrogens (tertiary/aromatic N) is 3. The van der Waals surface area contributed by atoms with Crippen molar-refractivity contribution in [1.82, 2.24) is 15.2 Å². The van der Waals surface area contributed by atoms with Gasteiger partial charge in [-0.25, -0.2) is 9.79 Å². The van der Waals surface area contributed by atoms with Crippen molar-refractivity contribution in [2.75, 3.05) is 27.9 Å². The summed E-state index contributed by atoms with van der Waals surface area (Å²) in [6, 6.07) is 10.6. The minimum Gasteiger partial charge on any atom is -0.497 e. The number of amidine groups is 1. The van der Waals surface area contributed by atoms with Gasteiger partial charge in [0.05, 0.1) is 45.1 Å². The molecule has 0 aliphatic carbocycles. The zero-order chi connectivity index (χ0) is 25.7. The summed E-state index contributed by atoms with van der Waals surface area (Å²) in [7, 11) is 4.48. The highest BCUT2D eigenvalue weighted by Crippen LogP contribution is 2.46. The molecular formula is C26H28N4O5S. The van der Waals surface area contributed by atoms with Gasteiger partial charge in [0.1, 0.15) is 11.5 Å². The average molecular weight is 509 g/mol. The SMILES string of the molecule is COC(=O)C1=C(C)N=C2SC=C(CC(=O)NCCc3ccccn3)N2[C@@H]1c1cc(OC)cc(OC)c1. The van der Waals surface area contributed by atoms with E-state index in [4.69, 9.17) is 14.2 Å². The van der Waals surface area contributed by atoms with Crippen molar-refractivity contribution in [3.63, 3.8) is 0 Å². The van der Waals surface area contributed by atoms with Crippen molar-refractivity contribution in [3.8, 4) is 11.5 Å². The van der Waals surface area contributed by atoms with Crippen LogP contribution in [0.5, 0.6) is 11.5 Å². The Morgan fingerprint density at radius 3 is 2.50 bits per heavy atom. The molecule has 2 aromatic rings. The van der Waals surface area contributed by atoms with E-state index in [2.05, 4.69) is 15.3 Å². The minimum atomic E-state index is -0.573. The lowest BCUT2D eigenvalue weighted by atomic mass is 9.93. The van der Waals surface area contributed by atoms with Crippen molar-refractivity contribution >= 4 is 28.8 Å². The van der Waals surface area contributed by atoms with E-state index in [9.17, 15) is 9.59 Å². The van der Waals surface area contributed by atoms with Crippen LogP contribution in [0, 0.1) is 0 Å². The van der Waals surface area contributed by atoms with E-state index in [1.54, 1.807) is 33.4 Å². The lowest BCUT2D eigenvalue weighted by molar-refractivity contribution is -0.136. The Morgan fingerprint density at radius 2 is 1.86 bits per heavy atom. The number of fused-ring (bicyclic) bond motifs is 1. The van der Waals surface area contributed by atoms with Crippen LogP contribution in [-0.4, -0.2) is 54.8 Å². The smallest absolute Gasteiger partial charge is 0.338 e. The molecule has 0 unspecified atom stereocenters. The van der Waals surface area contributed by atoms with Gasteiger partial charge in [-0.3, -0.25) is 9.78 Å². The molecule has 0 saturated heterocycles. The number of ether oxygens (including phenoxy) is 3. The van der Waals surface area contributed by atoms with E-state index in [1.165, 1.54) is 18.9 Å². The van der Waals surface area contributed by atoms with Crippen LogP contribution >= 0.6 is 11.8 Å². The van der Waals surface area contributed by atoms with Gasteiger partial charge in [-0.15, -0.1) is 0 Å². The highest BCUT2D eigenvalue weighted by molar-refractivity contribution is 8.16. The quantitative estimate of drug-likeness (QED) is 0.513. The van der Waals surface area contributed by atoms with E-state index in [1.807, 2.05) is 40.6 Å². The highest BCUT2D eigenvalue weighted by atomic mass is 32.2. The van der Waals surface area contributed by atoms with Crippen molar-refractivity contribution in [2.24, 2.45) is 4.99 Å². The predicted octanol–water partition coefficient (Wildman–Crippen LogP) is 3.60. The number of aliphatic imine (C=N–C) groups is 1. The summed E-state index contributed by atoms with van der Waals surface area (Å²) in [5, 5.41) is 5.54. The van der Waals surface area contributed by atoms with Crippen LogP contribution in [-0.2, 0) is 20.7 Å². The van der Waals surface area contributed by atoms with Crippen LogP contribution in [0.4, 0.5) is 0 Å². The average Bonchev–Trinajstić information content (AvgIpc) is 3.29. The Labute approximate surface area is 214 Å². The van der Waals surface area contributed by atoms with E-state index >= 15 is 0 Å². The fourth-order valence-corrected chi connectivity index (χ4v) is 5.11. The van der Waals surface area contributed by atoms with Crippen LogP contribution < -0.4 is 14.8 Å². The summed E-state index contributed by atoms with van der Waals surface area (Å²) in [5.41, 5.74) is 3.34. The van der Waals surface area contributed by atoms with E-state index in [0.29, 0.717) is 40.9 Å². The molecule has 0 radical (unpaired) electrons. The van der Waals surface area contributed by atoms with Crippen LogP contribution in [0.15, 0.2) is 70.0 Å². The molecule has 0 saturated carbocycles. The molecule has 1 atom stereocenters. The molecule has 1 amide bonds. The number of benzene rings is 1. The van der Waals surface area contributed by atoms with Gasteiger partial charge in [-0.2, -0.15) is 0 Å². The molecule has 188 valence electrons. The molecule has 3 heterocycles. The van der Waals surface area contributed by atoms with Gasteiger partial charge < -0.3 is 24.4 Å². The first-order valence-electron chi connectivity index (χ1n) is 11.4. The molecule has 1 aromatic heterocycles. The maximum Gasteiger partial charge on any atom is 0.338 e. The number of aromatic nitrogens is 1. The molecule has 2 aliphatic rings. The number of allylic oxidation sites excluding steroid dienone is 1. The lowest BCUT2D eigenvalue weighted by Crippen LogP contribution is -2.38. The maximum absolute atomic E-state index is 12.9. The van der Waals surface area contributed by atoms with E-state index < -0.39 is 12.0 Å². The first-order valence-corrected chi connectivity index (χ1v) is 12.3. The molecule has 1 N–H and O–H groups in total. The molecule has 9 nitrogen and oxygen atoms in total. The zero-order valence-electron chi connectivity index (χ0n) is 20.6. The zero-order valence-corrected chi connectivity index (χ0v) is 21.4. The fourth-order valence-electron chi connectivity index (χ4n) is 4.15. The molecule has 4 rings (SSSR count). The third-order valence-corrected chi connectivity index (χ3v) is 6.76. The summed E-state index contributed by atoms with van der Waals surface area (Å²) in [6.45, 7) is 2.25. The normalized spacial score (nSPS) is 16.7. The number of amides is 1. The Morgan fingerprint density at radius 1 is 1.11 bits per heavy atom. The number of nitrogens with one attached hydrogen (secondary N) is 1. The summed E-state index contributed by atoms with van der Waals surface area (Å²) in [5.74, 6) is 0.546. The largest absolute Gasteiger partial charge is 0.497 e. The number of pyridine rings is 1. The van der Waals surface area contributed by atoms with Crippen molar-refractivity contribution in [2.45, 2.75) is 25.8 Å². The number of hydrogen-bond acceptors (Lipinski definition) is 9. The molecule has 1 aromatic carbocycles. The monoisotopic (exact) mass is 508 g/mol. The number of carbonyl (C=O) groups is 2. The van der Waals surface area contributed by atoms with Crippen LogP contribution in [0.2, 0.25) is 0 Å². The first-order chi connectivity index (χ1) is 17.4. The number of thioether (sulfide) groups is 1. The first kappa shape index (κ1) is 25.3. The van der Waals surface area contributed by atoms with Gasteiger partial charge in [-0.1, -0.05) is 17.8 Å². The van der Waals surface area contributed by atoms with E-state index in [-0.39, 0.29) is 12.3 Å². The second-order valence-corrected chi connectivity index (χ2v) is 8.96. The van der Waals surface area contributed by atoms with Crippen molar-refractivity contribution in [3.05, 3.63) is 76.2 Å². The van der Waals surface area contributed by atoms with Crippen LogP contribution in [0.25, 0.3) is 0 Å². The number of rotatable bonds is 9. The van der Waals surface area contributed by atoms with Gasteiger partial charge in [0.25, 0.3) is 0 Å². The maximum atomic E-state index is 12.9. The summed E-state index contributed by atoms with van der Waals surface area (Å²) < 4.78 is 16.1. The molecule has 0 spiro atoms. The third kappa shape index (κ3) is 5.38. The molecule has 36 heavy (non-hydrogen) atoms. The minimum absolute atomic E-state index is 0.124. The number of esters is 1. The van der Waals surface area contributed by atoms with Gasteiger partial charge in [0, 0.05) is 36.6 Å². The number of carbonyl (C=O) groups excluding carboxylic acids is 2. The van der Waals surface area contributed by atoms with Gasteiger partial charge in [0.15, 0.2) is 5.17 Å². The Balaban J connectivity index is 1.61. The molecule has 0 bridgehead atoms. The van der Waals surface area contributed by atoms with Gasteiger partial charge in [0.2, 0.25) is 5.91 Å². The molecule has 0 fully saturated rings. The summed E-state index contributed by atoms with van der Waals surface area (Å²) >= 11 is 1.42. The van der Waals surface area contributed by atoms with Crippen molar-refractivity contribution in [1.29, 1.82) is 0 Å². The van der Waals surface area contributed by atoms with Crippen LogP contribution in [0.1, 0.15) is 30.6 Å². The summed E-state index contributed by atoms with van der Waals surface area (Å²) in [6.07, 6.45) is 2.49. The molecule has 2 aliphatic heterocycles. The van der Waals surface area contributed by atoms with Gasteiger partial charge >= 0.3 is 5.97 Å². The molecular weight excluding hydrogens is 480 g/mol. The predicted molar refractivity (Wildman–Crippen MR) is 138 cm³/mol. The van der Waals surface area contributed by atoms with Crippen molar-refractivity contribution < 1.29 is 23.8 Å². The second-order valence-electron chi connectivity index (χ2n) is 8.13. The lowest BCUT2D eigenvalue weighted by Gasteiger charge is -2.36. The summed E-state index contributed by atoms with van der Waals surface area (Å²) in [4.78, 5) is 36.6. The number of hydrogen-bond donors (Lipinski definition) is 1.